The fraction of sp³-hybridized carbons (Fsp3) is 0.414. The van der Waals surface area contributed by atoms with Gasteiger partial charge in [-0.25, -0.2) is 23.4 Å². The standard InChI is InChI=1S/C29H34F2N8/c1-37-13-15-38(16-14-37)21-9-11-22(12-10-21)39-29-26(28(32)34-18-35-29)27(36-39)19-5-7-20(8-6-19)33-17-23-24(30)3-2-4-25(23)31/h2-8,18,21-22,33H,9-17H2,1H3,(H2,32,34,35)/t21-,22+. The molecule has 0 unspecified atom stereocenters. The van der Waals surface area contributed by atoms with E-state index in [1.807, 2.05) is 24.3 Å². The van der Waals surface area contributed by atoms with E-state index >= 15 is 0 Å². The van der Waals surface area contributed by atoms with Crippen LogP contribution in [0.15, 0.2) is 48.8 Å². The normalized spacial score (nSPS) is 20.9. The third kappa shape index (κ3) is 5.18. The van der Waals surface area contributed by atoms with Crippen LogP contribution in [0, 0.1) is 11.6 Å². The minimum absolute atomic E-state index is 0.0126. The molecule has 1 saturated heterocycles. The number of hydrogen-bond donors (Lipinski definition) is 2. The van der Waals surface area contributed by atoms with Crippen LogP contribution in [0.4, 0.5) is 20.3 Å². The fourth-order valence-electron chi connectivity index (χ4n) is 5.94. The Kier molecular flexibility index (Phi) is 7.14. The number of nitrogens with zero attached hydrogens (tertiary/aromatic N) is 6. The predicted octanol–water partition coefficient (Wildman–Crippen LogP) is 4.70. The van der Waals surface area contributed by atoms with Crippen molar-refractivity contribution in [2.45, 2.75) is 44.3 Å². The highest BCUT2D eigenvalue weighted by atomic mass is 19.1. The molecule has 4 aromatic rings. The van der Waals surface area contributed by atoms with Crippen LogP contribution < -0.4 is 11.1 Å². The van der Waals surface area contributed by atoms with Crippen LogP contribution in [0.1, 0.15) is 37.3 Å². The maximum absolute atomic E-state index is 14.0. The Hall–Kier alpha value is -3.63. The summed E-state index contributed by atoms with van der Waals surface area (Å²) in [6.07, 6.45) is 5.90. The van der Waals surface area contributed by atoms with Crippen LogP contribution in [0.2, 0.25) is 0 Å². The Morgan fingerprint density at radius 1 is 0.897 bits per heavy atom. The number of nitrogens with two attached hydrogens (primary N) is 1. The van der Waals surface area contributed by atoms with Crippen molar-refractivity contribution in [2.75, 3.05) is 44.3 Å². The first-order valence-electron chi connectivity index (χ1n) is 13.7. The zero-order chi connectivity index (χ0) is 26.9. The molecule has 3 N–H and O–H groups in total. The lowest BCUT2D eigenvalue weighted by atomic mass is 9.90. The van der Waals surface area contributed by atoms with Gasteiger partial charge in [-0.2, -0.15) is 5.10 Å². The minimum atomic E-state index is -0.566. The van der Waals surface area contributed by atoms with Gasteiger partial charge in [0.1, 0.15) is 29.5 Å². The third-order valence-electron chi connectivity index (χ3n) is 8.27. The second-order valence-electron chi connectivity index (χ2n) is 10.7. The van der Waals surface area contributed by atoms with Crippen LogP contribution in [0.25, 0.3) is 22.3 Å². The summed E-state index contributed by atoms with van der Waals surface area (Å²) in [4.78, 5) is 13.9. The highest BCUT2D eigenvalue weighted by Gasteiger charge is 2.30. The van der Waals surface area contributed by atoms with E-state index in [2.05, 4.69) is 36.8 Å². The largest absolute Gasteiger partial charge is 0.383 e. The number of nitrogen functional groups attached to an aromatic ring is 1. The molecule has 1 aliphatic carbocycles. The fourth-order valence-corrected chi connectivity index (χ4v) is 5.94. The average Bonchev–Trinajstić information content (AvgIpc) is 3.35. The van der Waals surface area contributed by atoms with Crippen molar-refractivity contribution in [2.24, 2.45) is 0 Å². The molecule has 39 heavy (non-hydrogen) atoms. The van der Waals surface area contributed by atoms with Crippen molar-refractivity contribution in [3.05, 3.63) is 66.0 Å². The third-order valence-corrected chi connectivity index (χ3v) is 8.27. The lowest BCUT2D eigenvalue weighted by Crippen LogP contribution is -2.49. The lowest BCUT2D eigenvalue weighted by Gasteiger charge is -2.41. The number of nitrogens with one attached hydrogen (secondary N) is 1. The molecule has 1 aliphatic heterocycles. The molecule has 0 atom stereocenters. The quantitative estimate of drug-likeness (QED) is 0.372. The smallest absolute Gasteiger partial charge is 0.164 e. The van der Waals surface area contributed by atoms with Crippen molar-refractivity contribution in [1.82, 2.24) is 29.5 Å². The van der Waals surface area contributed by atoms with Crippen LogP contribution in [-0.4, -0.2) is 68.8 Å². The minimum Gasteiger partial charge on any atom is -0.383 e. The summed E-state index contributed by atoms with van der Waals surface area (Å²) in [7, 11) is 2.19. The maximum Gasteiger partial charge on any atom is 0.164 e. The number of anilines is 2. The van der Waals surface area contributed by atoms with Gasteiger partial charge in [-0.1, -0.05) is 18.2 Å². The predicted molar refractivity (Wildman–Crippen MR) is 149 cm³/mol. The number of benzene rings is 2. The summed E-state index contributed by atoms with van der Waals surface area (Å²) in [6, 6.07) is 12.4. The first kappa shape index (κ1) is 25.6. The summed E-state index contributed by atoms with van der Waals surface area (Å²) in [5.41, 5.74) is 9.49. The van der Waals surface area contributed by atoms with Gasteiger partial charge in [0, 0.05) is 55.6 Å². The molecule has 2 aliphatic rings. The second-order valence-corrected chi connectivity index (χ2v) is 10.7. The van der Waals surface area contributed by atoms with Gasteiger partial charge in [0.15, 0.2) is 5.65 Å². The summed E-state index contributed by atoms with van der Waals surface area (Å²) in [6.45, 7) is 4.61. The SMILES string of the molecule is CN1CCN([C@H]2CC[C@@H](n3nc(-c4ccc(NCc5c(F)cccc5F)cc4)c4c(N)ncnc43)CC2)CC1. The van der Waals surface area contributed by atoms with Crippen molar-refractivity contribution in [3.63, 3.8) is 0 Å². The van der Waals surface area contributed by atoms with Crippen molar-refractivity contribution < 1.29 is 8.78 Å². The van der Waals surface area contributed by atoms with E-state index in [1.165, 1.54) is 24.5 Å². The molecular weight excluding hydrogens is 498 g/mol. The first-order valence-corrected chi connectivity index (χ1v) is 13.7. The van der Waals surface area contributed by atoms with Crippen molar-refractivity contribution >= 4 is 22.5 Å². The Balaban J connectivity index is 1.20. The van der Waals surface area contributed by atoms with E-state index in [9.17, 15) is 8.78 Å². The molecule has 2 aromatic heterocycles. The van der Waals surface area contributed by atoms with Gasteiger partial charge in [0.25, 0.3) is 0 Å². The van der Waals surface area contributed by atoms with Crippen LogP contribution >= 0.6 is 0 Å². The molecule has 2 fully saturated rings. The Morgan fingerprint density at radius 3 is 2.26 bits per heavy atom. The monoisotopic (exact) mass is 532 g/mol. The number of halogens is 2. The molecule has 3 heterocycles. The van der Waals surface area contributed by atoms with Crippen LogP contribution in [0.3, 0.4) is 0 Å². The van der Waals surface area contributed by atoms with Crippen LogP contribution in [0.5, 0.6) is 0 Å². The van der Waals surface area contributed by atoms with Gasteiger partial charge in [-0.15, -0.1) is 0 Å². The van der Waals surface area contributed by atoms with Crippen LogP contribution in [-0.2, 0) is 6.54 Å². The maximum atomic E-state index is 14.0. The molecule has 8 nitrogen and oxygen atoms in total. The molecule has 0 bridgehead atoms. The van der Waals surface area contributed by atoms with Gasteiger partial charge < -0.3 is 16.0 Å². The Bertz CT molecular complexity index is 1420. The summed E-state index contributed by atoms with van der Waals surface area (Å²) >= 11 is 0. The lowest BCUT2D eigenvalue weighted by molar-refractivity contribution is 0.0815. The van der Waals surface area contributed by atoms with Gasteiger partial charge in [0.05, 0.1) is 11.4 Å². The zero-order valence-corrected chi connectivity index (χ0v) is 22.2. The summed E-state index contributed by atoms with van der Waals surface area (Å²) in [5, 5.41) is 8.89. The Labute approximate surface area is 226 Å². The van der Waals surface area contributed by atoms with Crippen molar-refractivity contribution in [3.8, 4) is 11.3 Å². The molecule has 0 radical (unpaired) electrons. The summed E-state index contributed by atoms with van der Waals surface area (Å²) < 4.78 is 30.0. The van der Waals surface area contributed by atoms with E-state index in [-0.39, 0.29) is 18.2 Å². The van der Waals surface area contributed by atoms with E-state index in [1.54, 1.807) is 0 Å². The van der Waals surface area contributed by atoms with E-state index in [0.29, 0.717) is 11.9 Å². The molecule has 6 rings (SSSR count). The zero-order valence-electron chi connectivity index (χ0n) is 22.2. The van der Waals surface area contributed by atoms with E-state index < -0.39 is 11.6 Å². The topological polar surface area (TPSA) is 88.1 Å². The van der Waals surface area contributed by atoms with Gasteiger partial charge >= 0.3 is 0 Å². The van der Waals surface area contributed by atoms with E-state index in [0.717, 1.165) is 79.8 Å². The van der Waals surface area contributed by atoms with Gasteiger partial charge in [0.2, 0.25) is 0 Å². The number of likely N-dealkylation sites (N-methyl/N-ethyl adjacent to an activating group) is 1. The molecule has 0 spiro atoms. The first-order chi connectivity index (χ1) is 19.0. The number of piperazine rings is 1. The highest BCUT2D eigenvalue weighted by molar-refractivity contribution is 5.98. The Morgan fingerprint density at radius 2 is 1.56 bits per heavy atom. The average molecular weight is 533 g/mol. The van der Waals surface area contributed by atoms with Gasteiger partial charge in [-0.3, -0.25) is 4.90 Å². The van der Waals surface area contributed by atoms with E-state index in [4.69, 9.17) is 10.8 Å². The summed E-state index contributed by atoms with van der Waals surface area (Å²) in [5.74, 6) is -0.724. The van der Waals surface area contributed by atoms with Gasteiger partial charge in [-0.05, 0) is 57.0 Å². The highest BCUT2D eigenvalue weighted by Crippen LogP contribution is 2.37. The number of fused-ring (bicyclic) bond motifs is 1. The number of rotatable bonds is 6. The molecular formula is C29H34F2N8. The molecule has 2 aromatic carbocycles. The number of aromatic nitrogens is 4. The van der Waals surface area contributed by atoms with Crippen molar-refractivity contribution in [1.29, 1.82) is 0 Å². The molecule has 0 amide bonds. The second kappa shape index (κ2) is 10.9. The number of hydrogen-bond acceptors (Lipinski definition) is 7. The molecule has 1 saturated carbocycles. The molecule has 204 valence electrons. The molecule has 10 heteroatoms.